The van der Waals surface area contributed by atoms with Gasteiger partial charge in [0.05, 0.1) is 25.8 Å². The van der Waals surface area contributed by atoms with Gasteiger partial charge < -0.3 is 15.4 Å². The summed E-state index contributed by atoms with van der Waals surface area (Å²) in [4.78, 5) is 8.63. The minimum atomic E-state index is -0.192. The first kappa shape index (κ1) is 20.8. The van der Waals surface area contributed by atoms with Crippen LogP contribution >= 0.6 is 11.3 Å². The van der Waals surface area contributed by atoms with Crippen LogP contribution in [-0.2, 0) is 11.2 Å². The molecule has 1 saturated heterocycles. The summed E-state index contributed by atoms with van der Waals surface area (Å²) < 4.78 is 18.8. The average molecular weight is 405 g/mol. The Morgan fingerprint density at radius 2 is 2.11 bits per heavy atom. The molecule has 0 saturated carbocycles. The van der Waals surface area contributed by atoms with E-state index < -0.39 is 0 Å². The molecule has 2 heterocycles. The number of guanidine groups is 1. The predicted octanol–water partition coefficient (Wildman–Crippen LogP) is 3.06. The molecule has 152 valence electrons. The molecule has 0 spiro atoms. The molecule has 0 aliphatic carbocycles. The van der Waals surface area contributed by atoms with Crippen molar-refractivity contribution < 1.29 is 9.13 Å². The molecule has 0 amide bonds. The van der Waals surface area contributed by atoms with Gasteiger partial charge in [-0.3, -0.25) is 9.89 Å². The predicted molar refractivity (Wildman–Crippen MR) is 114 cm³/mol. The van der Waals surface area contributed by atoms with Crippen LogP contribution in [0.3, 0.4) is 0 Å². The van der Waals surface area contributed by atoms with E-state index in [1.165, 1.54) is 10.9 Å². The van der Waals surface area contributed by atoms with Crippen molar-refractivity contribution in [3.05, 3.63) is 58.0 Å². The van der Waals surface area contributed by atoms with Gasteiger partial charge in [-0.25, -0.2) is 4.39 Å². The van der Waals surface area contributed by atoms with E-state index in [-0.39, 0.29) is 11.9 Å². The summed E-state index contributed by atoms with van der Waals surface area (Å²) in [6.45, 7) is 7.67. The Kier molecular flexibility index (Phi) is 8.26. The molecule has 1 fully saturated rings. The Hall–Kier alpha value is -1.96. The minimum absolute atomic E-state index is 0.192. The first-order valence-electron chi connectivity index (χ1n) is 9.88. The Balaban J connectivity index is 1.60. The van der Waals surface area contributed by atoms with Crippen LogP contribution in [0.15, 0.2) is 46.8 Å². The summed E-state index contributed by atoms with van der Waals surface area (Å²) >= 11 is 1.78. The van der Waals surface area contributed by atoms with E-state index in [0.717, 1.165) is 50.8 Å². The molecule has 1 unspecified atom stereocenters. The maximum absolute atomic E-state index is 13.3. The van der Waals surface area contributed by atoms with Crippen LogP contribution in [0.25, 0.3) is 0 Å². The summed E-state index contributed by atoms with van der Waals surface area (Å²) in [5, 5.41) is 8.80. The molecule has 5 nitrogen and oxygen atoms in total. The number of ether oxygens (including phenoxy) is 1. The molecule has 0 radical (unpaired) electrons. The number of hydrogen-bond acceptors (Lipinski definition) is 4. The van der Waals surface area contributed by atoms with Gasteiger partial charge in [-0.1, -0.05) is 18.2 Å². The standard InChI is InChI=1S/C21H29FN4OS/c1-2-23-21(24-9-8-17-5-3-6-18(22)15-17)25-16-19(20-7-4-14-28-20)26-10-12-27-13-11-26/h3-7,14-15,19H,2,8-13,16H2,1H3,(H2,23,24,25). The van der Waals surface area contributed by atoms with Gasteiger partial charge in [-0.2, -0.15) is 0 Å². The van der Waals surface area contributed by atoms with E-state index in [1.54, 1.807) is 23.5 Å². The molecule has 1 aliphatic rings. The zero-order chi connectivity index (χ0) is 19.6. The van der Waals surface area contributed by atoms with Crippen molar-refractivity contribution in [2.24, 2.45) is 4.99 Å². The van der Waals surface area contributed by atoms with Crippen molar-refractivity contribution in [2.45, 2.75) is 19.4 Å². The zero-order valence-electron chi connectivity index (χ0n) is 16.4. The third kappa shape index (κ3) is 6.29. The van der Waals surface area contributed by atoms with Gasteiger partial charge in [-0.15, -0.1) is 11.3 Å². The van der Waals surface area contributed by atoms with Crippen molar-refractivity contribution >= 4 is 17.3 Å². The monoisotopic (exact) mass is 404 g/mol. The molecule has 28 heavy (non-hydrogen) atoms. The Morgan fingerprint density at radius 3 is 2.82 bits per heavy atom. The molecular formula is C21H29FN4OS. The second kappa shape index (κ2) is 11.1. The van der Waals surface area contributed by atoms with E-state index in [1.807, 2.05) is 6.07 Å². The number of nitrogens with one attached hydrogen (secondary N) is 2. The second-order valence-corrected chi connectivity index (χ2v) is 7.69. The minimum Gasteiger partial charge on any atom is -0.379 e. The fourth-order valence-electron chi connectivity index (χ4n) is 3.29. The van der Waals surface area contributed by atoms with Crippen LogP contribution in [-0.4, -0.2) is 56.8 Å². The quantitative estimate of drug-likeness (QED) is 0.524. The summed E-state index contributed by atoms with van der Waals surface area (Å²) in [5.41, 5.74) is 0.980. The maximum atomic E-state index is 13.3. The summed E-state index contributed by atoms with van der Waals surface area (Å²) in [5.74, 6) is 0.607. The van der Waals surface area contributed by atoms with Crippen LogP contribution in [0, 0.1) is 5.82 Å². The SMILES string of the molecule is CCNC(=NCC(c1cccs1)N1CCOCC1)NCCc1cccc(F)c1. The fourth-order valence-corrected chi connectivity index (χ4v) is 4.14. The molecule has 1 atom stereocenters. The largest absolute Gasteiger partial charge is 0.379 e. The number of morpholine rings is 1. The number of nitrogens with zero attached hydrogens (tertiary/aromatic N) is 2. The normalized spacial score (nSPS) is 16.7. The van der Waals surface area contributed by atoms with Crippen LogP contribution < -0.4 is 10.6 Å². The zero-order valence-corrected chi connectivity index (χ0v) is 17.2. The van der Waals surface area contributed by atoms with Gasteiger partial charge in [-0.05, 0) is 42.5 Å². The van der Waals surface area contributed by atoms with Gasteiger partial charge >= 0.3 is 0 Å². The number of halogens is 1. The Morgan fingerprint density at radius 1 is 1.25 bits per heavy atom. The first-order valence-corrected chi connectivity index (χ1v) is 10.8. The van der Waals surface area contributed by atoms with Gasteiger partial charge in [0, 0.05) is 31.1 Å². The lowest BCUT2D eigenvalue weighted by molar-refractivity contribution is 0.0186. The van der Waals surface area contributed by atoms with E-state index in [0.29, 0.717) is 13.1 Å². The smallest absolute Gasteiger partial charge is 0.191 e. The highest BCUT2D eigenvalue weighted by Crippen LogP contribution is 2.26. The van der Waals surface area contributed by atoms with E-state index >= 15 is 0 Å². The summed E-state index contributed by atoms with van der Waals surface area (Å²) in [6, 6.07) is 11.3. The van der Waals surface area contributed by atoms with Crippen LogP contribution in [0.4, 0.5) is 4.39 Å². The average Bonchev–Trinajstić information content (AvgIpc) is 3.23. The molecule has 2 aromatic rings. The highest BCUT2D eigenvalue weighted by molar-refractivity contribution is 7.10. The third-order valence-corrected chi connectivity index (χ3v) is 5.69. The highest BCUT2D eigenvalue weighted by Gasteiger charge is 2.23. The lowest BCUT2D eigenvalue weighted by Gasteiger charge is -2.33. The van der Waals surface area contributed by atoms with E-state index in [9.17, 15) is 4.39 Å². The summed E-state index contributed by atoms with van der Waals surface area (Å²) in [7, 11) is 0. The topological polar surface area (TPSA) is 48.9 Å². The van der Waals surface area contributed by atoms with Gasteiger partial charge in [0.1, 0.15) is 5.82 Å². The van der Waals surface area contributed by atoms with Crippen molar-refractivity contribution in [2.75, 3.05) is 45.9 Å². The van der Waals surface area contributed by atoms with E-state index in [4.69, 9.17) is 9.73 Å². The molecule has 0 bridgehead atoms. The maximum Gasteiger partial charge on any atom is 0.191 e. The number of benzene rings is 1. The van der Waals surface area contributed by atoms with Gasteiger partial charge in [0.15, 0.2) is 5.96 Å². The molecule has 7 heteroatoms. The second-order valence-electron chi connectivity index (χ2n) is 6.71. The van der Waals surface area contributed by atoms with Gasteiger partial charge in [0.2, 0.25) is 0 Å². The Labute approximate surface area is 170 Å². The lowest BCUT2D eigenvalue weighted by atomic mass is 10.1. The number of rotatable bonds is 8. The number of aliphatic imine (C=N–C) groups is 1. The molecule has 1 aromatic heterocycles. The van der Waals surface area contributed by atoms with Crippen LogP contribution in [0.1, 0.15) is 23.4 Å². The van der Waals surface area contributed by atoms with E-state index in [2.05, 4.69) is 40.0 Å². The third-order valence-electron chi connectivity index (χ3n) is 4.72. The molecule has 2 N–H and O–H groups in total. The Bertz CT molecular complexity index is 732. The van der Waals surface area contributed by atoms with Crippen molar-refractivity contribution in [1.29, 1.82) is 0 Å². The van der Waals surface area contributed by atoms with Crippen LogP contribution in [0.5, 0.6) is 0 Å². The molecule has 1 aliphatic heterocycles. The van der Waals surface area contributed by atoms with Crippen LogP contribution in [0.2, 0.25) is 0 Å². The lowest BCUT2D eigenvalue weighted by Crippen LogP contribution is -2.42. The molecule has 1 aromatic carbocycles. The number of thiophene rings is 1. The highest BCUT2D eigenvalue weighted by atomic mass is 32.1. The summed E-state index contributed by atoms with van der Waals surface area (Å²) in [6.07, 6.45) is 0.750. The van der Waals surface area contributed by atoms with Crippen molar-refractivity contribution in [1.82, 2.24) is 15.5 Å². The molecule has 3 rings (SSSR count). The molecular weight excluding hydrogens is 375 g/mol. The van der Waals surface area contributed by atoms with Crippen molar-refractivity contribution in [3.63, 3.8) is 0 Å². The first-order chi connectivity index (χ1) is 13.8. The van der Waals surface area contributed by atoms with Crippen molar-refractivity contribution in [3.8, 4) is 0 Å². The van der Waals surface area contributed by atoms with Gasteiger partial charge in [0.25, 0.3) is 0 Å². The number of hydrogen-bond donors (Lipinski definition) is 2. The fraction of sp³-hybridized carbons (Fsp3) is 0.476.